The van der Waals surface area contributed by atoms with Crippen molar-refractivity contribution in [3.8, 4) is 0 Å². The topological polar surface area (TPSA) is 71.2 Å². The highest BCUT2D eigenvalue weighted by atomic mass is 16.1. The van der Waals surface area contributed by atoms with Gasteiger partial charge in [-0.05, 0) is 29.8 Å². The molecule has 0 radical (unpaired) electrons. The molecular weight excluding hydrogens is 252 g/mol. The summed E-state index contributed by atoms with van der Waals surface area (Å²) in [6, 6.07) is 11.2. The van der Waals surface area contributed by atoms with Crippen molar-refractivity contribution in [3.05, 3.63) is 53.7 Å². The van der Waals surface area contributed by atoms with Crippen LogP contribution in [0.2, 0.25) is 0 Å². The predicted molar refractivity (Wildman–Crippen MR) is 80.9 cm³/mol. The lowest BCUT2D eigenvalue weighted by molar-refractivity contribution is 0.1000. The number of pyridine rings is 1. The van der Waals surface area contributed by atoms with E-state index in [9.17, 15) is 4.79 Å². The van der Waals surface area contributed by atoms with E-state index in [2.05, 4.69) is 10.3 Å². The molecule has 0 atom stereocenters. The molecule has 1 aromatic heterocycles. The monoisotopic (exact) mass is 270 g/mol. The Hall–Kier alpha value is -2.56. The lowest BCUT2D eigenvalue weighted by Crippen LogP contribution is -2.12. The van der Waals surface area contributed by atoms with E-state index < -0.39 is 5.91 Å². The molecule has 0 bridgehead atoms. The molecule has 3 N–H and O–H groups in total. The maximum absolute atomic E-state index is 11.1. The molecule has 104 valence electrons. The number of carbonyl (C=O) groups excluding carboxylic acids is 1. The molecule has 20 heavy (non-hydrogen) atoms. The first-order chi connectivity index (χ1) is 9.56. The van der Waals surface area contributed by atoms with Gasteiger partial charge in [0.25, 0.3) is 0 Å². The van der Waals surface area contributed by atoms with Gasteiger partial charge in [-0.1, -0.05) is 12.1 Å². The zero-order valence-corrected chi connectivity index (χ0v) is 11.6. The molecule has 2 rings (SSSR count). The second-order valence-corrected chi connectivity index (χ2v) is 4.72. The number of nitrogens with two attached hydrogens (primary N) is 1. The van der Waals surface area contributed by atoms with Crippen LogP contribution in [0.1, 0.15) is 15.9 Å². The van der Waals surface area contributed by atoms with Gasteiger partial charge in [-0.25, -0.2) is 4.98 Å². The number of nitrogens with zero attached hydrogens (tertiary/aromatic N) is 2. The van der Waals surface area contributed by atoms with Gasteiger partial charge >= 0.3 is 0 Å². The van der Waals surface area contributed by atoms with E-state index in [4.69, 9.17) is 5.73 Å². The Balaban J connectivity index is 2.01. The van der Waals surface area contributed by atoms with Crippen LogP contribution >= 0.6 is 0 Å². The maximum atomic E-state index is 11.1. The Morgan fingerprint density at radius 3 is 2.70 bits per heavy atom. The highest BCUT2D eigenvalue weighted by molar-refractivity contribution is 5.92. The van der Waals surface area contributed by atoms with Crippen molar-refractivity contribution >= 4 is 17.4 Å². The first kappa shape index (κ1) is 13.9. The zero-order chi connectivity index (χ0) is 14.5. The van der Waals surface area contributed by atoms with Gasteiger partial charge in [-0.3, -0.25) is 4.79 Å². The standard InChI is InChI=1S/C15H18N4O/c1-19(2)14-7-6-13(10-18-14)17-9-11-4-3-5-12(8-11)15(16)20/h3-8,10,17H,9H2,1-2H3,(H2,16,20). The second-order valence-electron chi connectivity index (χ2n) is 4.72. The molecule has 0 saturated heterocycles. The number of aromatic nitrogens is 1. The SMILES string of the molecule is CN(C)c1ccc(NCc2cccc(C(N)=O)c2)cn1. The third-order valence-electron chi connectivity index (χ3n) is 2.91. The van der Waals surface area contributed by atoms with Crippen LogP contribution in [0.4, 0.5) is 11.5 Å². The highest BCUT2D eigenvalue weighted by Gasteiger charge is 2.02. The number of primary amides is 1. The summed E-state index contributed by atoms with van der Waals surface area (Å²) in [5.74, 6) is 0.495. The summed E-state index contributed by atoms with van der Waals surface area (Å²) < 4.78 is 0. The largest absolute Gasteiger partial charge is 0.380 e. The molecule has 0 aliphatic carbocycles. The molecule has 2 aromatic rings. The average molecular weight is 270 g/mol. The third kappa shape index (κ3) is 3.47. The molecule has 1 amide bonds. The normalized spacial score (nSPS) is 10.1. The van der Waals surface area contributed by atoms with E-state index >= 15 is 0 Å². The second kappa shape index (κ2) is 6.06. The lowest BCUT2D eigenvalue weighted by atomic mass is 10.1. The van der Waals surface area contributed by atoms with Gasteiger partial charge in [0.1, 0.15) is 5.82 Å². The summed E-state index contributed by atoms with van der Waals surface area (Å²) in [6.45, 7) is 0.615. The van der Waals surface area contributed by atoms with E-state index in [0.29, 0.717) is 12.1 Å². The quantitative estimate of drug-likeness (QED) is 0.870. The van der Waals surface area contributed by atoms with E-state index in [1.54, 1.807) is 18.3 Å². The highest BCUT2D eigenvalue weighted by Crippen LogP contribution is 2.13. The average Bonchev–Trinajstić information content (AvgIpc) is 2.46. The van der Waals surface area contributed by atoms with Crippen molar-refractivity contribution in [1.29, 1.82) is 0 Å². The van der Waals surface area contributed by atoms with Gasteiger partial charge in [-0.2, -0.15) is 0 Å². The molecular formula is C15H18N4O. The van der Waals surface area contributed by atoms with E-state index in [0.717, 1.165) is 17.1 Å². The van der Waals surface area contributed by atoms with E-state index in [1.165, 1.54) is 0 Å². The predicted octanol–water partition coefficient (Wildman–Crippen LogP) is 1.86. The minimum Gasteiger partial charge on any atom is -0.380 e. The Morgan fingerprint density at radius 2 is 2.10 bits per heavy atom. The smallest absolute Gasteiger partial charge is 0.248 e. The van der Waals surface area contributed by atoms with Crippen LogP contribution in [-0.4, -0.2) is 25.0 Å². The minimum absolute atomic E-state index is 0.413. The van der Waals surface area contributed by atoms with Crippen molar-refractivity contribution in [2.24, 2.45) is 5.73 Å². The first-order valence-electron chi connectivity index (χ1n) is 6.32. The molecule has 0 unspecified atom stereocenters. The van der Waals surface area contributed by atoms with Gasteiger partial charge in [0.15, 0.2) is 0 Å². The Kier molecular flexibility index (Phi) is 4.20. The number of anilines is 2. The number of hydrogen-bond acceptors (Lipinski definition) is 4. The van der Waals surface area contributed by atoms with Gasteiger partial charge in [-0.15, -0.1) is 0 Å². The van der Waals surface area contributed by atoms with Crippen LogP contribution in [0.3, 0.4) is 0 Å². The fourth-order valence-electron chi connectivity index (χ4n) is 1.79. The first-order valence-corrected chi connectivity index (χ1v) is 6.32. The van der Waals surface area contributed by atoms with Crippen molar-refractivity contribution in [3.63, 3.8) is 0 Å². The van der Waals surface area contributed by atoms with E-state index in [1.807, 2.05) is 43.3 Å². The van der Waals surface area contributed by atoms with Crippen LogP contribution in [0.5, 0.6) is 0 Å². The van der Waals surface area contributed by atoms with Gasteiger partial charge in [0, 0.05) is 26.2 Å². The Labute approximate surface area is 118 Å². The van der Waals surface area contributed by atoms with Gasteiger partial charge in [0.05, 0.1) is 11.9 Å². The summed E-state index contributed by atoms with van der Waals surface area (Å²) >= 11 is 0. The fraction of sp³-hybridized carbons (Fsp3) is 0.200. The van der Waals surface area contributed by atoms with Crippen molar-refractivity contribution in [1.82, 2.24) is 4.98 Å². The summed E-state index contributed by atoms with van der Waals surface area (Å²) in [6.07, 6.45) is 1.78. The molecule has 5 nitrogen and oxygen atoms in total. The summed E-state index contributed by atoms with van der Waals surface area (Å²) in [4.78, 5) is 17.4. The zero-order valence-electron chi connectivity index (χ0n) is 11.6. The number of hydrogen-bond donors (Lipinski definition) is 2. The van der Waals surface area contributed by atoms with Gasteiger partial charge < -0.3 is 16.0 Å². The molecule has 0 aliphatic heterocycles. The number of benzene rings is 1. The number of amides is 1. The number of nitrogens with one attached hydrogen (secondary N) is 1. The summed E-state index contributed by atoms with van der Waals surface area (Å²) in [5, 5.41) is 3.26. The Morgan fingerprint density at radius 1 is 1.30 bits per heavy atom. The van der Waals surface area contributed by atoms with Crippen LogP contribution in [0, 0.1) is 0 Å². The van der Waals surface area contributed by atoms with Crippen molar-refractivity contribution in [2.75, 3.05) is 24.3 Å². The molecule has 5 heteroatoms. The number of rotatable bonds is 5. The molecule has 0 spiro atoms. The molecule has 0 fully saturated rings. The van der Waals surface area contributed by atoms with Crippen LogP contribution in [0.15, 0.2) is 42.6 Å². The van der Waals surface area contributed by atoms with E-state index in [-0.39, 0.29) is 0 Å². The molecule has 0 aliphatic rings. The summed E-state index contributed by atoms with van der Waals surface area (Å²) in [5.41, 5.74) is 7.71. The minimum atomic E-state index is -0.413. The third-order valence-corrected chi connectivity index (χ3v) is 2.91. The van der Waals surface area contributed by atoms with Gasteiger partial charge in [0.2, 0.25) is 5.91 Å². The summed E-state index contributed by atoms with van der Waals surface area (Å²) in [7, 11) is 3.90. The molecule has 1 aromatic carbocycles. The lowest BCUT2D eigenvalue weighted by Gasteiger charge is -2.12. The van der Waals surface area contributed by atoms with Crippen molar-refractivity contribution in [2.45, 2.75) is 6.54 Å². The maximum Gasteiger partial charge on any atom is 0.248 e. The van der Waals surface area contributed by atoms with Crippen LogP contribution in [-0.2, 0) is 6.54 Å². The fourth-order valence-corrected chi connectivity index (χ4v) is 1.79. The molecule has 0 saturated carbocycles. The van der Waals surface area contributed by atoms with Crippen LogP contribution in [0.25, 0.3) is 0 Å². The van der Waals surface area contributed by atoms with Crippen molar-refractivity contribution < 1.29 is 4.79 Å². The Bertz CT molecular complexity index is 593. The number of carbonyl (C=O) groups is 1. The molecule has 1 heterocycles. The van der Waals surface area contributed by atoms with Crippen LogP contribution < -0.4 is 16.0 Å².